The van der Waals surface area contributed by atoms with E-state index in [1.54, 1.807) is 14.2 Å². The fourth-order valence-corrected chi connectivity index (χ4v) is 3.99. The van der Waals surface area contributed by atoms with E-state index in [-0.39, 0.29) is 12.0 Å². The molecular formula is C18H19FN2O2. The molecule has 1 aromatic carbocycles. The summed E-state index contributed by atoms with van der Waals surface area (Å²) in [5.41, 5.74) is 2.83. The number of benzene rings is 1. The van der Waals surface area contributed by atoms with Crippen molar-refractivity contribution in [2.75, 3.05) is 19.1 Å². The molecule has 2 atom stereocenters. The standard InChI is InChI=1S/C18H19FN2O2/c1-22-13-6-3-11(4-7-13)21-12-5-8-15(21)17-14(9-12)18(19)20-10-16(17)23-2/h3-4,6-7,10,12,15H,5,8-9H2,1-2H3/t12-,15+/m0/s1. The van der Waals surface area contributed by atoms with Crippen molar-refractivity contribution in [3.05, 3.63) is 47.5 Å². The third-order valence-corrected chi connectivity index (χ3v) is 5.00. The quantitative estimate of drug-likeness (QED) is 0.812. The maximum atomic E-state index is 14.2. The molecule has 2 bridgehead atoms. The van der Waals surface area contributed by atoms with E-state index in [1.165, 1.54) is 6.20 Å². The minimum atomic E-state index is -0.355. The second-order valence-corrected chi connectivity index (χ2v) is 6.07. The van der Waals surface area contributed by atoms with Crippen molar-refractivity contribution in [1.82, 2.24) is 4.98 Å². The van der Waals surface area contributed by atoms with Gasteiger partial charge in [0.1, 0.15) is 11.5 Å². The van der Waals surface area contributed by atoms with Crippen molar-refractivity contribution >= 4 is 5.69 Å². The van der Waals surface area contributed by atoms with E-state index in [9.17, 15) is 4.39 Å². The summed E-state index contributed by atoms with van der Waals surface area (Å²) >= 11 is 0. The van der Waals surface area contributed by atoms with Crippen LogP contribution in [0.3, 0.4) is 0 Å². The zero-order valence-electron chi connectivity index (χ0n) is 13.3. The smallest absolute Gasteiger partial charge is 0.216 e. The lowest BCUT2D eigenvalue weighted by Gasteiger charge is -2.38. The molecule has 0 aliphatic carbocycles. The van der Waals surface area contributed by atoms with Gasteiger partial charge in [0.15, 0.2) is 0 Å². The van der Waals surface area contributed by atoms with Crippen molar-refractivity contribution in [2.45, 2.75) is 31.3 Å². The lowest BCUT2D eigenvalue weighted by molar-refractivity contribution is 0.393. The molecule has 2 aliphatic rings. The molecule has 0 saturated carbocycles. The number of pyridine rings is 1. The maximum Gasteiger partial charge on any atom is 0.216 e. The highest BCUT2D eigenvalue weighted by Gasteiger charge is 2.43. The van der Waals surface area contributed by atoms with Gasteiger partial charge in [0.05, 0.1) is 26.5 Å². The molecule has 1 fully saturated rings. The molecule has 0 radical (unpaired) electrons. The van der Waals surface area contributed by atoms with Crippen LogP contribution in [-0.2, 0) is 6.42 Å². The number of methoxy groups -OCH3 is 2. The van der Waals surface area contributed by atoms with Gasteiger partial charge >= 0.3 is 0 Å². The Morgan fingerprint density at radius 2 is 1.91 bits per heavy atom. The molecule has 23 heavy (non-hydrogen) atoms. The normalized spacial score (nSPS) is 22.0. The molecule has 3 heterocycles. The highest BCUT2D eigenvalue weighted by Crippen LogP contribution is 2.49. The van der Waals surface area contributed by atoms with Gasteiger partial charge in [-0.2, -0.15) is 4.39 Å². The van der Waals surface area contributed by atoms with E-state index in [0.29, 0.717) is 18.2 Å². The average Bonchev–Trinajstić information content (AvgIpc) is 2.90. The second kappa shape index (κ2) is 5.41. The van der Waals surface area contributed by atoms with Crippen LogP contribution in [0.5, 0.6) is 11.5 Å². The zero-order chi connectivity index (χ0) is 16.0. The first-order valence-electron chi connectivity index (χ1n) is 7.86. The summed E-state index contributed by atoms with van der Waals surface area (Å²) in [6.45, 7) is 0. The maximum absolute atomic E-state index is 14.2. The summed E-state index contributed by atoms with van der Waals surface area (Å²) in [5, 5.41) is 0. The summed E-state index contributed by atoms with van der Waals surface area (Å²) in [6.07, 6.45) is 4.23. The Morgan fingerprint density at radius 3 is 2.61 bits per heavy atom. The van der Waals surface area contributed by atoms with E-state index >= 15 is 0 Å². The summed E-state index contributed by atoms with van der Waals surface area (Å²) in [7, 11) is 3.28. The summed E-state index contributed by atoms with van der Waals surface area (Å²) in [6, 6.07) is 8.52. The number of rotatable bonds is 3. The number of ether oxygens (including phenoxy) is 2. The van der Waals surface area contributed by atoms with Crippen molar-refractivity contribution < 1.29 is 13.9 Å². The number of aromatic nitrogens is 1. The molecule has 4 rings (SSSR count). The van der Waals surface area contributed by atoms with Gasteiger partial charge < -0.3 is 14.4 Å². The van der Waals surface area contributed by atoms with Gasteiger partial charge in [-0.1, -0.05) is 0 Å². The number of fused-ring (bicyclic) bond motifs is 4. The van der Waals surface area contributed by atoms with Gasteiger partial charge in [0.25, 0.3) is 0 Å². The molecule has 1 aromatic heterocycles. The van der Waals surface area contributed by atoms with Gasteiger partial charge in [-0.3, -0.25) is 0 Å². The van der Waals surface area contributed by atoms with Crippen molar-refractivity contribution in [3.8, 4) is 11.5 Å². The molecule has 5 heteroatoms. The van der Waals surface area contributed by atoms with Crippen LogP contribution >= 0.6 is 0 Å². The van der Waals surface area contributed by atoms with Gasteiger partial charge in [-0.25, -0.2) is 4.98 Å². The average molecular weight is 314 g/mol. The largest absolute Gasteiger partial charge is 0.497 e. The summed E-state index contributed by atoms with van der Waals surface area (Å²) in [5.74, 6) is 1.17. The SMILES string of the molecule is COc1ccc(N2[C@H]3CC[C@@H]2c2c(OC)cnc(F)c2C3)cc1. The van der Waals surface area contributed by atoms with Crippen LogP contribution in [0.4, 0.5) is 10.1 Å². The summed E-state index contributed by atoms with van der Waals surface area (Å²) < 4.78 is 24.9. The van der Waals surface area contributed by atoms with E-state index in [1.807, 2.05) is 12.1 Å². The third-order valence-electron chi connectivity index (χ3n) is 5.00. The Balaban J connectivity index is 1.79. The lowest BCUT2D eigenvalue weighted by Crippen LogP contribution is -2.38. The first-order chi connectivity index (χ1) is 11.2. The number of hydrogen-bond acceptors (Lipinski definition) is 4. The minimum Gasteiger partial charge on any atom is -0.497 e. The van der Waals surface area contributed by atoms with Crippen LogP contribution in [-0.4, -0.2) is 25.2 Å². The molecule has 120 valence electrons. The highest BCUT2D eigenvalue weighted by atomic mass is 19.1. The van der Waals surface area contributed by atoms with Crippen LogP contribution < -0.4 is 14.4 Å². The fourth-order valence-electron chi connectivity index (χ4n) is 3.99. The monoisotopic (exact) mass is 314 g/mol. The first kappa shape index (κ1) is 14.3. The van der Waals surface area contributed by atoms with Gasteiger partial charge in [-0.05, 0) is 43.5 Å². The lowest BCUT2D eigenvalue weighted by atomic mass is 9.93. The van der Waals surface area contributed by atoms with E-state index in [0.717, 1.165) is 35.4 Å². The Bertz CT molecular complexity index is 733. The molecule has 0 N–H and O–H groups in total. The number of halogens is 1. The predicted octanol–water partition coefficient (Wildman–Crippen LogP) is 3.50. The first-order valence-corrected chi connectivity index (χ1v) is 7.86. The Morgan fingerprint density at radius 1 is 1.13 bits per heavy atom. The third kappa shape index (κ3) is 2.14. The minimum absolute atomic E-state index is 0.143. The molecular weight excluding hydrogens is 295 g/mol. The summed E-state index contributed by atoms with van der Waals surface area (Å²) in [4.78, 5) is 6.25. The number of nitrogens with zero attached hydrogens (tertiary/aromatic N) is 2. The molecule has 4 nitrogen and oxygen atoms in total. The highest BCUT2D eigenvalue weighted by molar-refractivity contribution is 5.58. The van der Waals surface area contributed by atoms with E-state index in [4.69, 9.17) is 9.47 Å². The van der Waals surface area contributed by atoms with Gasteiger partial charge in [0, 0.05) is 22.9 Å². The topological polar surface area (TPSA) is 34.6 Å². The van der Waals surface area contributed by atoms with Crippen LogP contribution in [0.15, 0.2) is 30.5 Å². The van der Waals surface area contributed by atoms with E-state index in [2.05, 4.69) is 22.0 Å². The molecule has 2 aliphatic heterocycles. The second-order valence-electron chi connectivity index (χ2n) is 6.07. The Labute approximate surface area is 134 Å². The zero-order valence-corrected chi connectivity index (χ0v) is 13.3. The van der Waals surface area contributed by atoms with Crippen LogP contribution in [0.2, 0.25) is 0 Å². The Kier molecular flexibility index (Phi) is 3.36. The molecule has 1 saturated heterocycles. The van der Waals surface area contributed by atoms with Crippen LogP contribution in [0, 0.1) is 5.95 Å². The van der Waals surface area contributed by atoms with Crippen molar-refractivity contribution in [1.29, 1.82) is 0 Å². The Hall–Kier alpha value is -2.30. The van der Waals surface area contributed by atoms with Crippen LogP contribution in [0.25, 0.3) is 0 Å². The molecule has 0 unspecified atom stereocenters. The molecule has 0 spiro atoms. The van der Waals surface area contributed by atoms with E-state index < -0.39 is 0 Å². The molecule has 2 aromatic rings. The predicted molar refractivity (Wildman–Crippen MR) is 85.7 cm³/mol. The number of anilines is 1. The van der Waals surface area contributed by atoms with Gasteiger partial charge in [0.2, 0.25) is 5.95 Å². The molecule has 0 amide bonds. The fraction of sp³-hybridized carbons (Fsp3) is 0.389. The number of hydrogen-bond donors (Lipinski definition) is 0. The van der Waals surface area contributed by atoms with Crippen molar-refractivity contribution in [3.63, 3.8) is 0 Å². The van der Waals surface area contributed by atoms with Crippen LogP contribution in [0.1, 0.15) is 30.0 Å². The van der Waals surface area contributed by atoms with Crippen molar-refractivity contribution in [2.24, 2.45) is 0 Å². The van der Waals surface area contributed by atoms with Gasteiger partial charge in [-0.15, -0.1) is 0 Å².